The van der Waals surface area contributed by atoms with E-state index in [9.17, 15) is 5.11 Å². The molecule has 0 spiro atoms. The molecule has 19 heavy (non-hydrogen) atoms. The molecule has 116 valence electrons. The standard InChI is InChI=1S/C16H34O3/c1-2-16(17)14-12-10-8-6-4-3-5-7-9-11-13-15-19-18/h16-18H,2-15H2,1H3. The summed E-state index contributed by atoms with van der Waals surface area (Å²) < 4.78 is 0. The summed E-state index contributed by atoms with van der Waals surface area (Å²) in [4.78, 5) is 4.04. The minimum atomic E-state index is -0.0729. The van der Waals surface area contributed by atoms with Crippen LogP contribution in [0, 0.1) is 0 Å². The van der Waals surface area contributed by atoms with Gasteiger partial charge in [-0.15, -0.1) is 0 Å². The molecule has 2 N–H and O–H groups in total. The third-order valence-electron chi connectivity index (χ3n) is 3.74. The van der Waals surface area contributed by atoms with E-state index < -0.39 is 0 Å². The molecule has 0 heterocycles. The number of hydrogen-bond acceptors (Lipinski definition) is 3. The van der Waals surface area contributed by atoms with E-state index in [0.717, 1.165) is 19.3 Å². The molecule has 0 aliphatic rings. The molecule has 0 aromatic rings. The Balaban J connectivity index is 2.95. The summed E-state index contributed by atoms with van der Waals surface area (Å²) in [7, 11) is 0. The fourth-order valence-electron chi connectivity index (χ4n) is 2.34. The molecule has 0 amide bonds. The van der Waals surface area contributed by atoms with Gasteiger partial charge in [-0.3, -0.25) is 5.26 Å². The monoisotopic (exact) mass is 274 g/mol. The molecule has 0 fully saturated rings. The highest BCUT2D eigenvalue weighted by molar-refractivity contribution is 4.53. The van der Waals surface area contributed by atoms with Gasteiger partial charge in [-0.1, -0.05) is 71.1 Å². The molecule has 0 saturated carbocycles. The lowest BCUT2D eigenvalue weighted by molar-refractivity contribution is -0.242. The van der Waals surface area contributed by atoms with Crippen molar-refractivity contribution >= 4 is 0 Å². The van der Waals surface area contributed by atoms with E-state index in [1.807, 2.05) is 6.92 Å². The van der Waals surface area contributed by atoms with E-state index in [-0.39, 0.29) is 6.10 Å². The lowest BCUT2D eigenvalue weighted by Gasteiger charge is -2.06. The van der Waals surface area contributed by atoms with Crippen molar-refractivity contribution in [1.82, 2.24) is 0 Å². The third-order valence-corrected chi connectivity index (χ3v) is 3.74. The Morgan fingerprint density at radius 1 is 0.737 bits per heavy atom. The topological polar surface area (TPSA) is 49.7 Å². The number of hydrogen-bond donors (Lipinski definition) is 2. The van der Waals surface area contributed by atoms with Gasteiger partial charge in [-0.2, -0.15) is 0 Å². The van der Waals surface area contributed by atoms with Crippen molar-refractivity contribution in [3.63, 3.8) is 0 Å². The van der Waals surface area contributed by atoms with Gasteiger partial charge in [-0.05, 0) is 19.3 Å². The van der Waals surface area contributed by atoms with Crippen LogP contribution < -0.4 is 0 Å². The van der Waals surface area contributed by atoms with Crippen LogP contribution in [0.5, 0.6) is 0 Å². The third kappa shape index (κ3) is 15.8. The van der Waals surface area contributed by atoms with Gasteiger partial charge < -0.3 is 5.11 Å². The lowest BCUT2D eigenvalue weighted by Crippen LogP contribution is -2.03. The van der Waals surface area contributed by atoms with Gasteiger partial charge in [0.05, 0.1) is 12.7 Å². The average molecular weight is 274 g/mol. The number of aliphatic hydroxyl groups excluding tert-OH is 1. The van der Waals surface area contributed by atoms with Crippen LogP contribution in [0.2, 0.25) is 0 Å². The first-order valence-electron chi connectivity index (χ1n) is 8.25. The molecule has 0 aromatic carbocycles. The van der Waals surface area contributed by atoms with Crippen molar-refractivity contribution in [2.75, 3.05) is 6.61 Å². The van der Waals surface area contributed by atoms with Gasteiger partial charge in [-0.25, -0.2) is 4.89 Å². The van der Waals surface area contributed by atoms with Gasteiger partial charge in [0.1, 0.15) is 0 Å². The van der Waals surface area contributed by atoms with Crippen LogP contribution in [-0.4, -0.2) is 23.1 Å². The normalized spacial score (nSPS) is 12.8. The molecule has 0 radical (unpaired) electrons. The molecule has 0 aliphatic heterocycles. The van der Waals surface area contributed by atoms with Crippen LogP contribution in [0.4, 0.5) is 0 Å². The maximum atomic E-state index is 9.41. The summed E-state index contributed by atoms with van der Waals surface area (Å²) >= 11 is 0. The molecule has 0 saturated heterocycles. The van der Waals surface area contributed by atoms with E-state index in [4.69, 9.17) is 5.26 Å². The van der Waals surface area contributed by atoms with E-state index in [1.165, 1.54) is 64.2 Å². The molecular weight excluding hydrogens is 240 g/mol. The average Bonchev–Trinajstić information content (AvgIpc) is 2.43. The van der Waals surface area contributed by atoms with Crippen molar-refractivity contribution in [2.45, 2.75) is 96.5 Å². The molecule has 1 atom stereocenters. The minimum absolute atomic E-state index is 0.0729. The smallest absolute Gasteiger partial charge is 0.0819 e. The highest BCUT2D eigenvalue weighted by atomic mass is 17.1. The predicted molar refractivity (Wildman–Crippen MR) is 80.3 cm³/mol. The zero-order valence-electron chi connectivity index (χ0n) is 12.8. The molecule has 3 nitrogen and oxygen atoms in total. The fraction of sp³-hybridized carbons (Fsp3) is 1.00. The summed E-state index contributed by atoms with van der Waals surface area (Å²) in [6.07, 6.45) is 15.7. The second-order valence-corrected chi connectivity index (χ2v) is 5.57. The maximum absolute atomic E-state index is 9.41. The highest BCUT2D eigenvalue weighted by Crippen LogP contribution is 2.13. The number of unbranched alkanes of at least 4 members (excludes halogenated alkanes) is 10. The largest absolute Gasteiger partial charge is 0.393 e. The van der Waals surface area contributed by atoms with Gasteiger partial charge >= 0.3 is 0 Å². The Kier molecular flexibility index (Phi) is 15.8. The Bertz CT molecular complexity index is 162. The van der Waals surface area contributed by atoms with E-state index in [2.05, 4.69) is 4.89 Å². The second kappa shape index (κ2) is 15.9. The summed E-state index contributed by atoms with van der Waals surface area (Å²) in [5.74, 6) is 0. The fourth-order valence-corrected chi connectivity index (χ4v) is 2.34. The van der Waals surface area contributed by atoms with Crippen LogP contribution in [0.15, 0.2) is 0 Å². The van der Waals surface area contributed by atoms with Crippen LogP contribution in [-0.2, 0) is 4.89 Å². The second-order valence-electron chi connectivity index (χ2n) is 5.57. The summed E-state index contributed by atoms with van der Waals surface area (Å²) in [6, 6.07) is 0. The van der Waals surface area contributed by atoms with Crippen LogP contribution in [0.3, 0.4) is 0 Å². The zero-order chi connectivity index (χ0) is 14.2. The predicted octanol–water partition coefficient (Wildman–Crippen LogP) is 4.93. The van der Waals surface area contributed by atoms with Crippen LogP contribution in [0.25, 0.3) is 0 Å². The molecule has 1 unspecified atom stereocenters. The molecule has 0 aliphatic carbocycles. The molecule has 3 heteroatoms. The van der Waals surface area contributed by atoms with Gasteiger partial charge in [0, 0.05) is 0 Å². The first-order chi connectivity index (χ1) is 9.31. The van der Waals surface area contributed by atoms with Crippen molar-refractivity contribution in [1.29, 1.82) is 0 Å². The number of rotatable bonds is 15. The van der Waals surface area contributed by atoms with Crippen LogP contribution in [0.1, 0.15) is 90.4 Å². The van der Waals surface area contributed by atoms with Gasteiger partial charge in [0.15, 0.2) is 0 Å². The van der Waals surface area contributed by atoms with Gasteiger partial charge in [0.2, 0.25) is 0 Å². The Morgan fingerprint density at radius 2 is 1.16 bits per heavy atom. The first kappa shape index (κ1) is 18.9. The summed E-state index contributed by atoms with van der Waals surface area (Å²) in [5.41, 5.74) is 0. The van der Waals surface area contributed by atoms with E-state index >= 15 is 0 Å². The summed E-state index contributed by atoms with van der Waals surface area (Å²) in [5, 5.41) is 17.6. The Hall–Kier alpha value is -0.120. The lowest BCUT2D eigenvalue weighted by atomic mass is 10.0. The molecule has 0 rings (SSSR count). The SMILES string of the molecule is CCC(O)CCCCCCCCCCCCCOO. The number of aliphatic hydroxyl groups is 1. The maximum Gasteiger partial charge on any atom is 0.0819 e. The highest BCUT2D eigenvalue weighted by Gasteiger charge is 1.99. The van der Waals surface area contributed by atoms with Crippen LogP contribution >= 0.6 is 0 Å². The van der Waals surface area contributed by atoms with Gasteiger partial charge in [0.25, 0.3) is 0 Å². The zero-order valence-corrected chi connectivity index (χ0v) is 12.8. The van der Waals surface area contributed by atoms with Crippen molar-refractivity contribution in [3.8, 4) is 0 Å². The van der Waals surface area contributed by atoms with E-state index in [1.54, 1.807) is 0 Å². The van der Waals surface area contributed by atoms with Crippen molar-refractivity contribution in [2.24, 2.45) is 0 Å². The van der Waals surface area contributed by atoms with Crippen molar-refractivity contribution < 1.29 is 15.3 Å². The first-order valence-corrected chi connectivity index (χ1v) is 8.25. The summed E-state index contributed by atoms with van der Waals surface area (Å²) in [6.45, 7) is 2.52. The molecule has 0 bridgehead atoms. The molecular formula is C16H34O3. The van der Waals surface area contributed by atoms with E-state index in [0.29, 0.717) is 6.61 Å². The Labute approximate surface area is 119 Å². The minimum Gasteiger partial charge on any atom is -0.393 e. The Morgan fingerprint density at radius 3 is 1.58 bits per heavy atom. The quantitative estimate of drug-likeness (QED) is 0.253. The van der Waals surface area contributed by atoms with Crippen molar-refractivity contribution in [3.05, 3.63) is 0 Å². The molecule has 0 aromatic heterocycles.